The Balaban J connectivity index is 2.82. The number of nitrogens with zero attached hydrogens (tertiary/aromatic N) is 1. The van der Waals surface area contributed by atoms with Crippen LogP contribution in [-0.2, 0) is 4.79 Å². The van der Waals surface area contributed by atoms with Crippen molar-refractivity contribution in [2.45, 2.75) is 13.8 Å². The third-order valence-electron chi connectivity index (χ3n) is 2.01. The summed E-state index contributed by atoms with van der Waals surface area (Å²) in [5.41, 5.74) is 0.571. The number of hydrogen-bond donors (Lipinski definition) is 1. The summed E-state index contributed by atoms with van der Waals surface area (Å²) in [5, 5.41) is 10.6. The van der Waals surface area contributed by atoms with Crippen LogP contribution in [0.3, 0.4) is 0 Å². The van der Waals surface area contributed by atoms with Crippen LogP contribution in [0.25, 0.3) is 0 Å². The third kappa shape index (κ3) is 4.63. The van der Waals surface area contributed by atoms with Crippen molar-refractivity contribution < 1.29 is 14.7 Å². The van der Waals surface area contributed by atoms with Gasteiger partial charge in [0.2, 0.25) is 0 Å². The zero-order valence-corrected chi connectivity index (χ0v) is 12.6. The number of carboxylic acid groups (broad SMARTS) is 1. The van der Waals surface area contributed by atoms with E-state index in [1.54, 1.807) is 11.4 Å². The maximum atomic E-state index is 12.1. The summed E-state index contributed by atoms with van der Waals surface area (Å²) in [5.74, 6) is -0.944. The standard InChI is InChI=1S/C11H14INO3S/c1-7(2)4-13(5-10(14)15)11(16)8-3-9(12)17-6-8/h3,6-7H,4-5H2,1-2H3,(H,14,15). The van der Waals surface area contributed by atoms with Gasteiger partial charge in [0.15, 0.2) is 0 Å². The second-order valence-corrected chi connectivity index (χ2v) is 6.92. The summed E-state index contributed by atoms with van der Waals surface area (Å²) in [7, 11) is 0. The third-order valence-corrected chi connectivity index (χ3v) is 3.80. The van der Waals surface area contributed by atoms with Crippen molar-refractivity contribution in [1.29, 1.82) is 0 Å². The van der Waals surface area contributed by atoms with E-state index in [-0.39, 0.29) is 18.4 Å². The number of carboxylic acids is 1. The van der Waals surface area contributed by atoms with Crippen LogP contribution < -0.4 is 0 Å². The molecular weight excluding hydrogens is 353 g/mol. The number of rotatable bonds is 5. The van der Waals surface area contributed by atoms with Gasteiger partial charge in [-0.2, -0.15) is 0 Å². The van der Waals surface area contributed by atoms with Crippen LogP contribution in [-0.4, -0.2) is 35.0 Å². The molecular formula is C11H14INO3S. The summed E-state index contributed by atoms with van der Waals surface area (Å²) < 4.78 is 1.02. The molecule has 94 valence electrons. The van der Waals surface area contributed by atoms with E-state index in [1.807, 2.05) is 13.8 Å². The Hall–Kier alpha value is -0.630. The largest absolute Gasteiger partial charge is 0.480 e. The molecule has 0 saturated carbocycles. The van der Waals surface area contributed by atoms with E-state index in [1.165, 1.54) is 16.2 Å². The molecule has 1 heterocycles. The van der Waals surface area contributed by atoms with Gasteiger partial charge in [0.05, 0.1) is 8.45 Å². The molecule has 1 aromatic rings. The number of thiophene rings is 1. The molecule has 17 heavy (non-hydrogen) atoms. The van der Waals surface area contributed by atoms with Crippen LogP contribution in [0.5, 0.6) is 0 Å². The molecule has 0 aliphatic rings. The topological polar surface area (TPSA) is 57.6 Å². The monoisotopic (exact) mass is 367 g/mol. The molecule has 6 heteroatoms. The fourth-order valence-electron chi connectivity index (χ4n) is 1.43. The molecule has 0 aliphatic carbocycles. The van der Waals surface area contributed by atoms with Crippen LogP contribution in [0, 0.1) is 8.80 Å². The van der Waals surface area contributed by atoms with Crippen LogP contribution in [0.1, 0.15) is 24.2 Å². The Bertz CT molecular complexity index is 417. The van der Waals surface area contributed by atoms with Gasteiger partial charge in [0.1, 0.15) is 6.54 Å². The van der Waals surface area contributed by atoms with E-state index in [4.69, 9.17) is 5.11 Å². The lowest BCUT2D eigenvalue weighted by Gasteiger charge is -2.22. The van der Waals surface area contributed by atoms with Gasteiger partial charge < -0.3 is 10.0 Å². The predicted octanol–water partition coefficient (Wildman–Crippen LogP) is 2.54. The predicted molar refractivity (Wildman–Crippen MR) is 75.4 cm³/mol. The summed E-state index contributed by atoms with van der Waals surface area (Å²) in [6.45, 7) is 4.13. The SMILES string of the molecule is CC(C)CN(CC(=O)O)C(=O)c1csc(I)c1. The number of carbonyl (C=O) groups is 2. The first-order chi connectivity index (χ1) is 7.90. The van der Waals surface area contributed by atoms with Crippen LogP contribution in [0.15, 0.2) is 11.4 Å². The van der Waals surface area contributed by atoms with Crippen molar-refractivity contribution in [3.63, 3.8) is 0 Å². The van der Waals surface area contributed by atoms with E-state index >= 15 is 0 Å². The number of aliphatic carboxylic acids is 1. The molecule has 0 atom stereocenters. The summed E-state index contributed by atoms with van der Waals surface area (Å²) >= 11 is 3.62. The van der Waals surface area contributed by atoms with Crippen molar-refractivity contribution in [2.75, 3.05) is 13.1 Å². The zero-order valence-electron chi connectivity index (χ0n) is 9.64. The van der Waals surface area contributed by atoms with Gasteiger partial charge in [0.25, 0.3) is 5.91 Å². The Morgan fingerprint density at radius 2 is 2.18 bits per heavy atom. The minimum absolute atomic E-state index is 0.208. The molecule has 0 bridgehead atoms. The highest BCUT2D eigenvalue weighted by Crippen LogP contribution is 2.18. The average molecular weight is 367 g/mol. The lowest BCUT2D eigenvalue weighted by atomic mass is 10.2. The Kier molecular flexibility index (Phi) is 5.38. The first-order valence-corrected chi connectivity index (χ1v) is 7.11. The lowest BCUT2D eigenvalue weighted by molar-refractivity contribution is -0.137. The first kappa shape index (κ1) is 14.4. The molecule has 1 amide bonds. The van der Waals surface area contributed by atoms with Crippen LogP contribution in [0.4, 0.5) is 0 Å². The quantitative estimate of drug-likeness (QED) is 0.814. The van der Waals surface area contributed by atoms with Gasteiger partial charge in [-0.15, -0.1) is 11.3 Å². The number of carbonyl (C=O) groups excluding carboxylic acids is 1. The molecule has 0 spiro atoms. The van der Waals surface area contributed by atoms with E-state index in [9.17, 15) is 9.59 Å². The van der Waals surface area contributed by atoms with Crippen LogP contribution >= 0.6 is 33.9 Å². The van der Waals surface area contributed by atoms with Gasteiger partial charge in [0, 0.05) is 11.9 Å². The van der Waals surface area contributed by atoms with E-state index in [0.717, 1.165) is 2.88 Å². The van der Waals surface area contributed by atoms with Crippen molar-refractivity contribution in [3.8, 4) is 0 Å². The van der Waals surface area contributed by atoms with E-state index in [0.29, 0.717) is 12.1 Å². The molecule has 1 N–H and O–H groups in total. The van der Waals surface area contributed by atoms with Gasteiger partial charge in [-0.05, 0) is 34.6 Å². The fraction of sp³-hybridized carbons (Fsp3) is 0.455. The Morgan fingerprint density at radius 3 is 2.59 bits per heavy atom. The number of halogens is 1. The van der Waals surface area contributed by atoms with Crippen molar-refractivity contribution in [1.82, 2.24) is 4.90 Å². The zero-order chi connectivity index (χ0) is 13.0. The number of amides is 1. The molecule has 0 fully saturated rings. The highest BCUT2D eigenvalue weighted by molar-refractivity contribution is 14.1. The molecule has 1 aromatic heterocycles. The lowest BCUT2D eigenvalue weighted by Crippen LogP contribution is -2.38. The Labute approximate surface area is 118 Å². The summed E-state index contributed by atoms with van der Waals surface area (Å²) in [4.78, 5) is 24.2. The minimum Gasteiger partial charge on any atom is -0.480 e. The van der Waals surface area contributed by atoms with Gasteiger partial charge in [-0.25, -0.2) is 0 Å². The van der Waals surface area contributed by atoms with Crippen molar-refractivity contribution >= 4 is 45.8 Å². The number of hydrogen-bond acceptors (Lipinski definition) is 3. The maximum absolute atomic E-state index is 12.1. The van der Waals surface area contributed by atoms with Gasteiger partial charge >= 0.3 is 5.97 Å². The van der Waals surface area contributed by atoms with E-state index in [2.05, 4.69) is 22.6 Å². The average Bonchev–Trinajstić information content (AvgIpc) is 2.61. The molecule has 1 rings (SSSR count). The van der Waals surface area contributed by atoms with E-state index < -0.39 is 5.97 Å². The second-order valence-electron chi connectivity index (χ2n) is 4.11. The normalized spacial score (nSPS) is 10.6. The molecule has 0 radical (unpaired) electrons. The summed E-state index contributed by atoms with van der Waals surface area (Å²) in [6, 6.07) is 1.78. The first-order valence-electron chi connectivity index (χ1n) is 5.15. The maximum Gasteiger partial charge on any atom is 0.323 e. The molecule has 0 unspecified atom stereocenters. The fourth-order valence-corrected chi connectivity index (χ4v) is 2.75. The molecule has 0 aliphatic heterocycles. The smallest absolute Gasteiger partial charge is 0.323 e. The molecule has 0 aromatic carbocycles. The highest BCUT2D eigenvalue weighted by Gasteiger charge is 2.20. The highest BCUT2D eigenvalue weighted by atomic mass is 127. The summed E-state index contributed by atoms with van der Waals surface area (Å²) in [6.07, 6.45) is 0. The van der Waals surface area contributed by atoms with Crippen LogP contribution in [0.2, 0.25) is 0 Å². The molecule has 0 saturated heterocycles. The minimum atomic E-state index is -0.982. The van der Waals surface area contributed by atoms with Crippen molar-refractivity contribution in [3.05, 3.63) is 19.9 Å². The van der Waals surface area contributed by atoms with Gasteiger partial charge in [-0.3, -0.25) is 9.59 Å². The van der Waals surface area contributed by atoms with Gasteiger partial charge in [-0.1, -0.05) is 13.8 Å². The van der Waals surface area contributed by atoms with Crippen molar-refractivity contribution in [2.24, 2.45) is 5.92 Å². The molecule has 4 nitrogen and oxygen atoms in total. The second kappa shape index (κ2) is 6.34. The Morgan fingerprint density at radius 1 is 1.53 bits per heavy atom.